The van der Waals surface area contributed by atoms with Gasteiger partial charge in [0, 0.05) is 47.1 Å². The van der Waals surface area contributed by atoms with Crippen molar-refractivity contribution in [3.05, 3.63) is 90.1 Å². The van der Waals surface area contributed by atoms with Gasteiger partial charge in [0.15, 0.2) is 5.75 Å². The molecular formula is C26H19F2N5O2. The van der Waals surface area contributed by atoms with Gasteiger partial charge in [-0.3, -0.25) is 9.98 Å². The Morgan fingerprint density at radius 2 is 1.77 bits per heavy atom. The van der Waals surface area contributed by atoms with Crippen LogP contribution >= 0.6 is 0 Å². The highest BCUT2D eigenvalue weighted by molar-refractivity contribution is 5.83. The molecule has 4 aromatic rings. The molecule has 35 heavy (non-hydrogen) atoms. The van der Waals surface area contributed by atoms with Crippen LogP contribution in [0.1, 0.15) is 17.5 Å². The van der Waals surface area contributed by atoms with Crippen LogP contribution in [-0.4, -0.2) is 34.0 Å². The number of halogens is 2. The summed E-state index contributed by atoms with van der Waals surface area (Å²) in [4.78, 5) is 16.8. The maximum absolute atomic E-state index is 14.5. The van der Waals surface area contributed by atoms with Crippen molar-refractivity contribution < 1.29 is 18.3 Å². The van der Waals surface area contributed by atoms with Crippen molar-refractivity contribution in [3.8, 4) is 33.9 Å². The lowest BCUT2D eigenvalue weighted by Crippen LogP contribution is -2.32. The molecule has 1 aromatic carbocycles. The summed E-state index contributed by atoms with van der Waals surface area (Å²) >= 11 is 0. The number of pyridine rings is 3. The average Bonchev–Trinajstić information content (AvgIpc) is 3.06. The predicted octanol–water partition coefficient (Wildman–Crippen LogP) is 4.61. The van der Waals surface area contributed by atoms with E-state index in [1.54, 1.807) is 36.5 Å². The molecule has 174 valence electrons. The second kappa shape index (κ2) is 8.21. The van der Waals surface area contributed by atoms with E-state index in [4.69, 9.17) is 20.2 Å². The topological polar surface area (TPSA) is 95.5 Å². The van der Waals surface area contributed by atoms with E-state index >= 15 is 0 Å². The van der Waals surface area contributed by atoms with Gasteiger partial charge in [-0.2, -0.15) is 8.78 Å². The van der Waals surface area contributed by atoms with Gasteiger partial charge < -0.3 is 15.2 Å². The fourth-order valence-corrected chi connectivity index (χ4v) is 4.66. The SMILES string of the molecule is NC1=N[C@]2(CCOC1)c1cc(-c3cccnc3F)ccc1Oc1cnc(-c3ccnc(F)c3)cc12. The van der Waals surface area contributed by atoms with Gasteiger partial charge in [0.1, 0.15) is 23.7 Å². The summed E-state index contributed by atoms with van der Waals surface area (Å²) in [7, 11) is 0. The fraction of sp³-hybridized carbons (Fsp3) is 0.154. The van der Waals surface area contributed by atoms with Crippen molar-refractivity contribution in [2.24, 2.45) is 10.7 Å². The number of nitrogens with two attached hydrogens (primary N) is 1. The number of nitrogens with zero attached hydrogens (tertiary/aromatic N) is 4. The largest absolute Gasteiger partial charge is 0.455 e. The Morgan fingerprint density at radius 3 is 2.63 bits per heavy atom. The number of amidine groups is 1. The molecule has 5 heterocycles. The Balaban J connectivity index is 1.59. The lowest BCUT2D eigenvalue weighted by molar-refractivity contribution is 0.160. The van der Waals surface area contributed by atoms with Crippen molar-refractivity contribution in [1.29, 1.82) is 0 Å². The molecule has 0 bridgehead atoms. The number of aliphatic imine (C=N–C) groups is 1. The third-order valence-electron chi connectivity index (χ3n) is 6.24. The minimum Gasteiger partial charge on any atom is -0.455 e. The second-order valence-electron chi connectivity index (χ2n) is 8.35. The van der Waals surface area contributed by atoms with Crippen molar-refractivity contribution >= 4 is 5.84 Å². The van der Waals surface area contributed by atoms with Crippen molar-refractivity contribution in [2.75, 3.05) is 13.2 Å². The minimum absolute atomic E-state index is 0.192. The van der Waals surface area contributed by atoms with E-state index in [2.05, 4.69) is 15.0 Å². The van der Waals surface area contributed by atoms with Crippen LogP contribution < -0.4 is 10.5 Å². The first-order chi connectivity index (χ1) is 17.0. The average molecular weight is 471 g/mol. The molecule has 0 radical (unpaired) electrons. The van der Waals surface area contributed by atoms with E-state index < -0.39 is 17.4 Å². The molecule has 2 N–H and O–H groups in total. The molecule has 3 aromatic heterocycles. The van der Waals surface area contributed by atoms with Crippen LogP contribution in [-0.2, 0) is 10.3 Å². The molecule has 0 unspecified atom stereocenters. The molecule has 2 aliphatic rings. The first-order valence-electron chi connectivity index (χ1n) is 11.0. The quantitative estimate of drug-likeness (QED) is 0.429. The molecule has 6 rings (SSSR count). The van der Waals surface area contributed by atoms with E-state index in [1.807, 2.05) is 12.1 Å². The fourth-order valence-electron chi connectivity index (χ4n) is 4.66. The van der Waals surface area contributed by atoms with Gasteiger partial charge in [-0.15, -0.1) is 0 Å². The van der Waals surface area contributed by atoms with Crippen LogP contribution in [0.4, 0.5) is 8.78 Å². The Hall–Kier alpha value is -4.24. The molecule has 1 spiro atoms. The first-order valence-corrected chi connectivity index (χ1v) is 11.0. The molecule has 0 fully saturated rings. The van der Waals surface area contributed by atoms with Crippen LogP contribution in [0.2, 0.25) is 0 Å². The van der Waals surface area contributed by atoms with Crippen LogP contribution in [0.15, 0.2) is 72.1 Å². The van der Waals surface area contributed by atoms with Gasteiger partial charge in [0.05, 0.1) is 18.5 Å². The van der Waals surface area contributed by atoms with Crippen LogP contribution in [0.5, 0.6) is 11.5 Å². The Labute approximate surface area is 199 Å². The van der Waals surface area contributed by atoms with Crippen molar-refractivity contribution in [2.45, 2.75) is 12.0 Å². The van der Waals surface area contributed by atoms with Gasteiger partial charge in [0.25, 0.3) is 0 Å². The number of ether oxygens (including phenoxy) is 2. The van der Waals surface area contributed by atoms with E-state index in [0.717, 1.165) is 5.56 Å². The highest BCUT2D eigenvalue weighted by Gasteiger charge is 2.44. The van der Waals surface area contributed by atoms with Gasteiger partial charge in [0.2, 0.25) is 11.9 Å². The summed E-state index contributed by atoms with van der Waals surface area (Å²) in [5.74, 6) is 0.222. The number of rotatable bonds is 2. The van der Waals surface area contributed by atoms with Gasteiger partial charge in [-0.25, -0.2) is 9.97 Å². The van der Waals surface area contributed by atoms with Gasteiger partial charge in [-0.1, -0.05) is 6.07 Å². The third kappa shape index (κ3) is 3.60. The zero-order valence-corrected chi connectivity index (χ0v) is 18.4. The van der Waals surface area contributed by atoms with E-state index in [9.17, 15) is 8.78 Å². The molecule has 9 heteroatoms. The Kier molecular flexibility index (Phi) is 5.00. The maximum Gasteiger partial charge on any atom is 0.220 e. The van der Waals surface area contributed by atoms with Crippen LogP contribution in [0, 0.1) is 11.9 Å². The molecular weight excluding hydrogens is 452 g/mol. The van der Waals surface area contributed by atoms with E-state index in [0.29, 0.717) is 58.3 Å². The summed E-state index contributed by atoms with van der Waals surface area (Å²) < 4.78 is 40.2. The Bertz CT molecular complexity index is 1490. The third-order valence-corrected chi connectivity index (χ3v) is 6.24. The minimum atomic E-state index is -0.971. The monoisotopic (exact) mass is 471 g/mol. The lowest BCUT2D eigenvalue weighted by atomic mass is 9.77. The molecule has 0 saturated heterocycles. The molecule has 2 aliphatic heterocycles. The normalized spacial score (nSPS) is 18.7. The summed E-state index contributed by atoms with van der Waals surface area (Å²) in [6.07, 6.45) is 4.85. The predicted molar refractivity (Wildman–Crippen MR) is 125 cm³/mol. The number of hydrogen-bond donors (Lipinski definition) is 1. The van der Waals surface area contributed by atoms with Crippen molar-refractivity contribution in [3.63, 3.8) is 0 Å². The summed E-state index contributed by atoms with van der Waals surface area (Å²) in [6, 6.07) is 13.6. The van der Waals surface area contributed by atoms with Gasteiger partial charge >= 0.3 is 0 Å². The number of fused-ring (bicyclic) bond motifs is 4. The zero-order chi connectivity index (χ0) is 24.0. The van der Waals surface area contributed by atoms with Crippen LogP contribution in [0.3, 0.4) is 0 Å². The highest BCUT2D eigenvalue weighted by atomic mass is 19.1. The standard InChI is InChI=1S/C26H19F2N5O2/c27-23-11-16(5-8-30-23)20-12-19-22(13-32-20)35-21-4-3-15(17-2-1-7-31-25(17)28)10-18(21)26(19)6-9-34-14-24(29)33-26/h1-5,7-8,10-13H,6,9,14H2,(H2,29,33)/t26-/m1/s1. The number of benzene rings is 1. The maximum atomic E-state index is 14.5. The molecule has 0 aliphatic carbocycles. The second-order valence-corrected chi connectivity index (χ2v) is 8.35. The molecule has 7 nitrogen and oxygen atoms in total. The summed E-state index contributed by atoms with van der Waals surface area (Å²) in [6.45, 7) is 0.577. The molecule has 1 atom stereocenters. The lowest BCUT2D eigenvalue weighted by Gasteiger charge is -2.37. The first kappa shape index (κ1) is 21.3. The summed E-state index contributed by atoms with van der Waals surface area (Å²) in [5.41, 5.74) is 8.79. The molecule has 0 amide bonds. The number of hydrogen-bond acceptors (Lipinski definition) is 7. The zero-order valence-electron chi connectivity index (χ0n) is 18.4. The van der Waals surface area contributed by atoms with Gasteiger partial charge in [-0.05, 0) is 42.0 Å². The van der Waals surface area contributed by atoms with Crippen LogP contribution in [0.25, 0.3) is 22.4 Å². The summed E-state index contributed by atoms with van der Waals surface area (Å²) in [5, 5.41) is 0. The van der Waals surface area contributed by atoms with E-state index in [-0.39, 0.29) is 6.61 Å². The Morgan fingerprint density at radius 1 is 0.886 bits per heavy atom. The smallest absolute Gasteiger partial charge is 0.220 e. The molecule has 0 saturated carbocycles. The number of aromatic nitrogens is 3. The van der Waals surface area contributed by atoms with Crippen molar-refractivity contribution in [1.82, 2.24) is 15.0 Å². The highest BCUT2D eigenvalue weighted by Crippen LogP contribution is 2.52. The van der Waals surface area contributed by atoms with E-state index in [1.165, 1.54) is 18.5 Å².